The summed E-state index contributed by atoms with van der Waals surface area (Å²) in [6.07, 6.45) is 0. The van der Waals surface area contributed by atoms with Crippen LogP contribution >= 0.6 is 23.4 Å². The van der Waals surface area contributed by atoms with Gasteiger partial charge in [-0.15, -0.1) is 11.8 Å². The summed E-state index contributed by atoms with van der Waals surface area (Å²) in [7, 11) is 1.60. The van der Waals surface area contributed by atoms with E-state index in [0.717, 1.165) is 16.8 Å². The lowest BCUT2D eigenvalue weighted by molar-refractivity contribution is -0.124. The molecule has 3 aromatic carbocycles. The van der Waals surface area contributed by atoms with Gasteiger partial charge in [0.2, 0.25) is 10.8 Å². The van der Waals surface area contributed by atoms with E-state index in [9.17, 15) is 9.59 Å². The Balaban J connectivity index is 1.63. The van der Waals surface area contributed by atoms with Crippen LogP contribution in [-0.2, 0) is 21.0 Å². The summed E-state index contributed by atoms with van der Waals surface area (Å²) in [5.74, 6) is 0.487. The molecule has 7 heteroatoms. The molecule has 5 nitrogen and oxygen atoms in total. The Bertz CT molecular complexity index is 1200. The molecular formula is C25H21ClN2O3S. The van der Waals surface area contributed by atoms with Gasteiger partial charge in [0.05, 0.1) is 24.6 Å². The third-order valence-corrected chi connectivity index (χ3v) is 7.64. The van der Waals surface area contributed by atoms with Crippen LogP contribution < -0.4 is 14.5 Å². The number of nitrogens with zero attached hydrogens (tertiary/aromatic N) is 2. The number of halogens is 1. The minimum Gasteiger partial charge on any atom is -0.497 e. The standard InChI is InChI=1S/C25H21ClN2O3S/c1-16-23(29)28(19-11-13-20(31-2)14-12-19)25(32-16)21-5-3-4-6-22(21)27(24(25)30)15-17-7-9-18(26)10-8-17/h3-14,16H,15H2,1-2H3/t16-,25+/m1/s1. The van der Waals surface area contributed by atoms with Crippen molar-refractivity contribution in [2.75, 3.05) is 16.9 Å². The van der Waals surface area contributed by atoms with E-state index in [1.807, 2.05) is 67.6 Å². The molecule has 2 heterocycles. The van der Waals surface area contributed by atoms with Gasteiger partial charge in [0.15, 0.2) is 0 Å². The molecular weight excluding hydrogens is 444 g/mol. The minimum atomic E-state index is -1.14. The molecule has 0 N–H and O–H groups in total. The van der Waals surface area contributed by atoms with E-state index in [1.54, 1.807) is 29.0 Å². The molecule has 0 saturated carbocycles. The van der Waals surface area contributed by atoms with Crippen LogP contribution in [-0.4, -0.2) is 24.2 Å². The zero-order valence-electron chi connectivity index (χ0n) is 17.6. The molecule has 0 bridgehead atoms. The van der Waals surface area contributed by atoms with Crippen molar-refractivity contribution in [1.29, 1.82) is 0 Å². The smallest absolute Gasteiger partial charge is 0.269 e. The molecule has 2 aliphatic heterocycles. The SMILES string of the molecule is COc1ccc(N2C(=O)[C@@H](C)S[C@@]23C(=O)N(Cc2ccc(Cl)cc2)c2ccccc23)cc1. The highest BCUT2D eigenvalue weighted by Gasteiger charge is 2.63. The fourth-order valence-electron chi connectivity index (χ4n) is 4.40. The number of benzene rings is 3. The number of thioether (sulfide) groups is 1. The number of hydrogen-bond donors (Lipinski definition) is 0. The van der Waals surface area contributed by atoms with Crippen molar-refractivity contribution in [3.05, 3.63) is 88.9 Å². The summed E-state index contributed by atoms with van der Waals surface area (Å²) in [6, 6.07) is 22.5. The fourth-order valence-corrected chi connectivity index (χ4v) is 6.05. The summed E-state index contributed by atoms with van der Waals surface area (Å²) < 4.78 is 5.27. The monoisotopic (exact) mass is 464 g/mol. The van der Waals surface area contributed by atoms with Crippen molar-refractivity contribution in [1.82, 2.24) is 0 Å². The summed E-state index contributed by atoms with van der Waals surface area (Å²) in [5.41, 5.74) is 3.29. The average molecular weight is 465 g/mol. The molecule has 162 valence electrons. The van der Waals surface area contributed by atoms with Gasteiger partial charge in [0.25, 0.3) is 5.91 Å². The third kappa shape index (κ3) is 3.09. The van der Waals surface area contributed by atoms with Crippen molar-refractivity contribution < 1.29 is 14.3 Å². The largest absolute Gasteiger partial charge is 0.497 e. The maximum Gasteiger partial charge on any atom is 0.269 e. The number of carbonyl (C=O) groups excluding carboxylic acids is 2. The van der Waals surface area contributed by atoms with E-state index in [2.05, 4.69) is 0 Å². The molecule has 1 fully saturated rings. The molecule has 2 atom stereocenters. The zero-order valence-corrected chi connectivity index (χ0v) is 19.2. The molecule has 0 unspecified atom stereocenters. The number of ether oxygens (including phenoxy) is 1. The van der Waals surface area contributed by atoms with E-state index in [-0.39, 0.29) is 17.1 Å². The second kappa shape index (κ2) is 7.87. The van der Waals surface area contributed by atoms with Gasteiger partial charge in [0, 0.05) is 16.3 Å². The van der Waals surface area contributed by atoms with Gasteiger partial charge in [-0.05, 0) is 55.0 Å². The number of amides is 2. The van der Waals surface area contributed by atoms with Gasteiger partial charge in [-0.3, -0.25) is 14.5 Å². The van der Waals surface area contributed by atoms with Crippen molar-refractivity contribution in [2.24, 2.45) is 0 Å². The quantitative estimate of drug-likeness (QED) is 0.531. The first-order valence-corrected chi connectivity index (χ1v) is 11.5. The highest BCUT2D eigenvalue weighted by Crippen LogP contribution is 2.58. The number of anilines is 2. The number of carbonyl (C=O) groups is 2. The number of methoxy groups -OCH3 is 1. The van der Waals surface area contributed by atoms with E-state index in [0.29, 0.717) is 23.0 Å². The molecule has 5 rings (SSSR count). The maximum absolute atomic E-state index is 14.1. The number of para-hydroxylation sites is 1. The summed E-state index contributed by atoms with van der Waals surface area (Å²) in [4.78, 5) is 29.8. The van der Waals surface area contributed by atoms with Crippen LogP contribution in [0.3, 0.4) is 0 Å². The van der Waals surface area contributed by atoms with Gasteiger partial charge in [-0.2, -0.15) is 0 Å². The first-order valence-electron chi connectivity index (χ1n) is 10.3. The van der Waals surface area contributed by atoms with Crippen molar-refractivity contribution in [3.8, 4) is 5.75 Å². The molecule has 2 aliphatic rings. The Morgan fingerprint density at radius 3 is 2.38 bits per heavy atom. The minimum absolute atomic E-state index is 0.0864. The Labute approximate surface area is 195 Å². The predicted octanol–water partition coefficient (Wildman–Crippen LogP) is 5.22. The highest BCUT2D eigenvalue weighted by molar-refractivity contribution is 8.03. The van der Waals surface area contributed by atoms with Crippen LogP contribution in [0.25, 0.3) is 0 Å². The van der Waals surface area contributed by atoms with Gasteiger partial charge in [0.1, 0.15) is 5.75 Å². The van der Waals surface area contributed by atoms with Gasteiger partial charge in [-0.1, -0.05) is 41.9 Å². The molecule has 3 aromatic rings. The summed E-state index contributed by atoms with van der Waals surface area (Å²) in [5, 5.41) is 0.291. The molecule has 2 amide bonds. The normalized spacial score (nSPS) is 22.0. The molecule has 0 aliphatic carbocycles. The predicted molar refractivity (Wildman–Crippen MR) is 128 cm³/mol. The Hall–Kier alpha value is -2.96. The van der Waals surface area contributed by atoms with E-state index in [1.165, 1.54) is 11.8 Å². The van der Waals surface area contributed by atoms with Crippen molar-refractivity contribution >= 4 is 46.6 Å². The second-order valence-electron chi connectivity index (χ2n) is 7.81. The zero-order chi connectivity index (χ0) is 22.5. The lowest BCUT2D eigenvalue weighted by Crippen LogP contribution is -2.49. The van der Waals surface area contributed by atoms with Crippen LogP contribution in [0.15, 0.2) is 72.8 Å². The van der Waals surface area contributed by atoms with Crippen LogP contribution in [0, 0.1) is 0 Å². The lowest BCUT2D eigenvalue weighted by atomic mass is 10.0. The molecule has 32 heavy (non-hydrogen) atoms. The van der Waals surface area contributed by atoms with E-state index >= 15 is 0 Å². The summed E-state index contributed by atoms with van der Waals surface area (Å²) >= 11 is 7.44. The van der Waals surface area contributed by atoms with Crippen molar-refractivity contribution in [2.45, 2.75) is 23.6 Å². The summed E-state index contributed by atoms with van der Waals surface area (Å²) in [6.45, 7) is 2.25. The van der Waals surface area contributed by atoms with E-state index < -0.39 is 4.87 Å². The first kappa shape index (κ1) is 20.9. The van der Waals surface area contributed by atoms with Gasteiger partial charge >= 0.3 is 0 Å². The fraction of sp³-hybridized carbons (Fsp3) is 0.200. The molecule has 1 saturated heterocycles. The van der Waals surface area contributed by atoms with Crippen LogP contribution in [0.1, 0.15) is 18.1 Å². The van der Waals surface area contributed by atoms with Crippen LogP contribution in [0.4, 0.5) is 11.4 Å². The number of fused-ring (bicyclic) bond motifs is 2. The first-order chi connectivity index (χ1) is 15.5. The Morgan fingerprint density at radius 1 is 1.00 bits per heavy atom. The maximum atomic E-state index is 14.1. The van der Waals surface area contributed by atoms with Crippen LogP contribution in [0.5, 0.6) is 5.75 Å². The number of hydrogen-bond acceptors (Lipinski definition) is 4. The molecule has 0 radical (unpaired) electrons. The van der Waals surface area contributed by atoms with E-state index in [4.69, 9.17) is 16.3 Å². The Morgan fingerprint density at radius 2 is 1.69 bits per heavy atom. The number of rotatable bonds is 4. The van der Waals surface area contributed by atoms with Crippen molar-refractivity contribution in [3.63, 3.8) is 0 Å². The van der Waals surface area contributed by atoms with Gasteiger partial charge < -0.3 is 9.64 Å². The highest BCUT2D eigenvalue weighted by atomic mass is 35.5. The van der Waals surface area contributed by atoms with Crippen LogP contribution in [0.2, 0.25) is 5.02 Å². The second-order valence-corrected chi connectivity index (χ2v) is 9.78. The van der Waals surface area contributed by atoms with Gasteiger partial charge in [-0.25, -0.2) is 0 Å². The molecule has 0 aromatic heterocycles. The average Bonchev–Trinajstić information content (AvgIpc) is 3.21. The lowest BCUT2D eigenvalue weighted by Gasteiger charge is -2.33. The molecule has 1 spiro atoms. The Kier molecular flexibility index (Phi) is 5.14. The third-order valence-electron chi connectivity index (χ3n) is 5.91. The topological polar surface area (TPSA) is 49.9 Å².